The molecule has 0 aliphatic carbocycles. The van der Waals surface area contributed by atoms with Crippen molar-refractivity contribution >= 4 is 40.7 Å². The van der Waals surface area contributed by atoms with Gasteiger partial charge in [-0.2, -0.15) is 0 Å². The van der Waals surface area contributed by atoms with Gasteiger partial charge in [-0.15, -0.1) is 0 Å². The first kappa shape index (κ1) is 116. The van der Waals surface area contributed by atoms with Crippen LogP contribution in [0.5, 0.6) is 0 Å². The smallest absolute Gasteiger partial charge is 0.573 e. The molecule has 6 nitrogen and oxygen atoms in total. The van der Waals surface area contributed by atoms with Crippen LogP contribution in [0.1, 0.15) is 0 Å². The Balaban J connectivity index is -0.00000000321. The fourth-order valence-corrected chi connectivity index (χ4v) is 0. The van der Waals surface area contributed by atoms with E-state index in [1.165, 1.54) is 0 Å². The molecular formula is C8H6Cr2O6. The molecule has 0 aliphatic heterocycles. The summed E-state index contributed by atoms with van der Waals surface area (Å²) in [5.74, 6) is 0. The first-order valence-electron chi connectivity index (χ1n) is 1.22. The SMILES string of the molecule is [C-]=O.[C-]=O.[C-]=O.[C-]=O.[C-]=O.[C-]=O.[CH3-].[CH3-].[Cr+4].[Cr+4]. The van der Waals surface area contributed by atoms with Crippen molar-refractivity contribution in [3.05, 3.63) is 14.9 Å². The Morgan fingerprint density at radius 2 is 0.312 bits per heavy atom. The molecule has 6 radical (unpaired) electrons. The largest absolute Gasteiger partial charge is 4.00 e. The van der Waals surface area contributed by atoms with Crippen LogP contribution in [0.4, 0.5) is 0 Å². The van der Waals surface area contributed by atoms with Gasteiger partial charge in [0.2, 0.25) is 0 Å². The Morgan fingerprint density at radius 1 is 0.312 bits per heavy atom. The summed E-state index contributed by atoms with van der Waals surface area (Å²) in [5.41, 5.74) is 0. The number of hydrogen-bond acceptors (Lipinski definition) is 6. The molecule has 0 rings (SSSR count). The monoisotopic (exact) mass is 302 g/mol. The van der Waals surface area contributed by atoms with E-state index in [-0.39, 0.29) is 49.6 Å². The maximum atomic E-state index is 7.50. The third-order valence-corrected chi connectivity index (χ3v) is 0. The zero-order chi connectivity index (χ0) is 12.0. The first-order valence-corrected chi connectivity index (χ1v) is 1.22. The molecule has 16 heavy (non-hydrogen) atoms. The van der Waals surface area contributed by atoms with Crippen molar-refractivity contribution in [3.8, 4) is 0 Å². The fraction of sp³-hybridized carbons (Fsp3) is 0. The van der Waals surface area contributed by atoms with Crippen molar-refractivity contribution in [2.45, 2.75) is 0 Å². The van der Waals surface area contributed by atoms with Crippen LogP contribution in [0, 0.1) is 14.9 Å². The molecule has 0 aromatic heterocycles. The van der Waals surface area contributed by atoms with Crippen LogP contribution in [-0.2, 0) is 63.5 Å². The van der Waals surface area contributed by atoms with E-state index in [4.69, 9.17) is 28.8 Å². The standard InChI is InChI=1S/6CO.2CH3.2Cr/c6*1-2;;;;/h;;;;;;2*1H3;;/q8*-1;2*+4. The Labute approximate surface area is 119 Å². The Bertz CT molecular complexity index is 38.0. The number of carbonyl (C=O) groups excluding carboxylic acids is 6. The summed E-state index contributed by atoms with van der Waals surface area (Å²) in [6, 6.07) is 0. The van der Waals surface area contributed by atoms with E-state index in [2.05, 4.69) is 40.7 Å². The molecule has 0 aliphatic rings. The molecule has 86 valence electrons. The van der Waals surface area contributed by atoms with Crippen LogP contribution in [-0.4, -0.2) is 40.7 Å². The molecular weight excluding hydrogens is 296 g/mol. The zero-order valence-corrected chi connectivity index (χ0v) is 10.8. The molecule has 0 saturated heterocycles. The minimum Gasteiger partial charge on any atom is -0.573 e. The molecule has 0 bridgehead atoms. The average Bonchev–Trinajstić information content (AvgIpc) is 2.33. The van der Waals surface area contributed by atoms with E-state index in [9.17, 15) is 0 Å². The van der Waals surface area contributed by atoms with Gasteiger partial charge in [0.1, 0.15) is 0 Å². The predicted octanol–water partition coefficient (Wildman–Crippen LogP) is -1.49. The van der Waals surface area contributed by atoms with Gasteiger partial charge < -0.3 is 84.4 Å². The molecule has 0 aromatic rings. The second-order valence-corrected chi connectivity index (χ2v) is 0. The summed E-state index contributed by atoms with van der Waals surface area (Å²) in [5, 5.41) is 0. The molecule has 8 heteroatoms. The summed E-state index contributed by atoms with van der Waals surface area (Å²) in [4.78, 5) is 45.0. The van der Waals surface area contributed by atoms with Crippen LogP contribution in [0.15, 0.2) is 0 Å². The third kappa shape index (κ3) is 2280. The Kier molecular flexibility index (Phi) is 20800. The van der Waals surface area contributed by atoms with Crippen molar-refractivity contribution in [1.82, 2.24) is 0 Å². The van der Waals surface area contributed by atoms with Crippen LogP contribution < -0.4 is 0 Å². The maximum absolute atomic E-state index is 7.50. The van der Waals surface area contributed by atoms with Gasteiger partial charge in [0.05, 0.1) is 0 Å². The van der Waals surface area contributed by atoms with Crippen molar-refractivity contribution in [2.24, 2.45) is 0 Å². The van der Waals surface area contributed by atoms with Gasteiger partial charge in [0.15, 0.2) is 0 Å². The van der Waals surface area contributed by atoms with Crippen LogP contribution in [0.2, 0.25) is 0 Å². The molecule has 0 saturated carbocycles. The molecule has 0 fully saturated rings. The van der Waals surface area contributed by atoms with E-state index in [0.717, 1.165) is 0 Å². The van der Waals surface area contributed by atoms with E-state index in [0.29, 0.717) is 0 Å². The summed E-state index contributed by atoms with van der Waals surface area (Å²) in [6.07, 6.45) is 0. The summed E-state index contributed by atoms with van der Waals surface area (Å²) in [6.45, 7) is 27.0. The quantitative estimate of drug-likeness (QED) is 0.505. The van der Waals surface area contributed by atoms with Crippen LogP contribution >= 0.6 is 0 Å². The minimum atomic E-state index is 0. The first-order chi connectivity index (χ1) is 6.00. The molecule has 0 amide bonds. The van der Waals surface area contributed by atoms with Gasteiger partial charge in [-0.3, -0.25) is 0 Å². The van der Waals surface area contributed by atoms with Gasteiger partial charge >= 0.3 is 34.7 Å². The topological polar surface area (TPSA) is 102 Å². The second-order valence-electron chi connectivity index (χ2n) is 0. The molecule has 0 unspecified atom stereocenters. The zero-order valence-electron chi connectivity index (χ0n) is 8.27. The second kappa shape index (κ2) is 2880. The van der Waals surface area contributed by atoms with Crippen molar-refractivity contribution in [3.63, 3.8) is 0 Å². The normalized spacial score (nSPS) is 1.50. The Morgan fingerprint density at radius 3 is 0.312 bits per heavy atom. The third-order valence-electron chi connectivity index (χ3n) is 0. The van der Waals surface area contributed by atoms with Gasteiger partial charge in [0.25, 0.3) is 0 Å². The Hall–Kier alpha value is -0.915. The van der Waals surface area contributed by atoms with Crippen molar-refractivity contribution in [1.29, 1.82) is 0 Å². The molecule has 0 aromatic carbocycles. The molecule has 0 atom stereocenters. The van der Waals surface area contributed by atoms with Crippen molar-refractivity contribution < 1.29 is 63.5 Å². The molecule has 0 spiro atoms. The van der Waals surface area contributed by atoms with E-state index >= 15 is 0 Å². The summed E-state index contributed by atoms with van der Waals surface area (Å²) in [7, 11) is 0. The van der Waals surface area contributed by atoms with Gasteiger partial charge in [-0.05, 0) is 0 Å². The van der Waals surface area contributed by atoms with Crippen molar-refractivity contribution in [2.75, 3.05) is 0 Å². The van der Waals surface area contributed by atoms with Crippen LogP contribution in [0.3, 0.4) is 0 Å². The summed E-state index contributed by atoms with van der Waals surface area (Å²) >= 11 is 0. The number of hydrogen-bond donors (Lipinski definition) is 0. The maximum Gasteiger partial charge on any atom is 4.00 e. The van der Waals surface area contributed by atoms with E-state index in [1.54, 1.807) is 0 Å². The number of rotatable bonds is 0. The minimum absolute atomic E-state index is 0. The van der Waals surface area contributed by atoms with Gasteiger partial charge in [-0.1, -0.05) is 0 Å². The molecule has 0 N–H and O–H groups in total. The summed E-state index contributed by atoms with van der Waals surface area (Å²) < 4.78 is 0. The fourth-order valence-electron chi connectivity index (χ4n) is 0. The van der Waals surface area contributed by atoms with Crippen LogP contribution in [0.25, 0.3) is 0 Å². The van der Waals surface area contributed by atoms with E-state index in [1.807, 2.05) is 0 Å². The van der Waals surface area contributed by atoms with E-state index < -0.39 is 0 Å². The molecule has 0 heterocycles. The van der Waals surface area contributed by atoms with Gasteiger partial charge in [-0.25, -0.2) is 0 Å². The average molecular weight is 302 g/mol. The van der Waals surface area contributed by atoms with Gasteiger partial charge in [0, 0.05) is 0 Å². The predicted molar refractivity (Wildman–Crippen MR) is 47.0 cm³/mol.